The Hall–Kier alpha value is -1.06. The standard InChI is InChI=1S/C12H22N2O2/c1-3-10(15)11(14-12(16)13-2)9-7-5-4-6-8-9/h9,11H,3-8H2,1-2H3,(H2,13,14,16)/t11-/m0/s1. The maximum Gasteiger partial charge on any atom is 0.315 e. The first-order valence-corrected chi connectivity index (χ1v) is 6.20. The summed E-state index contributed by atoms with van der Waals surface area (Å²) in [5.41, 5.74) is 0. The molecule has 1 atom stereocenters. The fourth-order valence-corrected chi connectivity index (χ4v) is 2.36. The average Bonchev–Trinajstić information content (AvgIpc) is 2.35. The number of urea groups is 1. The summed E-state index contributed by atoms with van der Waals surface area (Å²) >= 11 is 0. The van der Waals surface area contributed by atoms with Gasteiger partial charge in [-0.05, 0) is 18.8 Å². The van der Waals surface area contributed by atoms with Crippen molar-refractivity contribution in [2.24, 2.45) is 5.92 Å². The van der Waals surface area contributed by atoms with E-state index >= 15 is 0 Å². The molecule has 0 bridgehead atoms. The number of nitrogens with one attached hydrogen (secondary N) is 2. The van der Waals surface area contributed by atoms with Gasteiger partial charge in [-0.15, -0.1) is 0 Å². The molecule has 16 heavy (non-hydrogen) atoms. The molecule has 0 aliphatic heterocycles. The van der Waals surface area contributed by atoms with E-state index in [0.717, 1.165) is 12.8 Å². The normalized spacial score (nSPS) is 18.9. The van der Waals surface area contributed by atoms with E-state index in [1.165, 1.54) is 19.3 Å². The Balaban J connectivity index is 2.61. The van der Waals surface area contributed by atoms with Gasteiger partial charge in [0.2, 0.25) is 0 Å². The van der Waals surface area contributed by atoms with Crippen LogP contribution in [-0.4, -0.2) is 24.9 Å². The van der Waals surface area contributed by atoms with E-state index in [1.54, 1.807) is 7.05 Å². The van der Waals surface area contributed by atoms with Crippen molar-refractivity contribution in [1.82, 2.24) is 10.6 Å². The largest absolute Gasteiger partial charge is 0.341 e. The predicted octanol–water partition coefficient (Wildman–Crippen LogP) is 1.84. The van der Waals surface area contributed by atoms with Crippen molar-refractivity contribution in [3.63, 3.8) is 0 Å². The lowest BCUT2D eigenvalue weighted by molar-refractivity contribution is -0.122. The van der Waals surface area contributed by atoms with Crippen molar-refractivity contribution in [1.29, 1.82) is 0 Å². The number of ketones is 1. The van der Waals surface area contributed by atoms with E-state index in [2.05, 4.69) is 10.6 Å². The molecule has 0 saturated heterocycles. The summed E-state index contributed by atoms with van der Waals surface area (Å²) in [5.74, 6) is 0.481. The quantitative estimate of drug-likeness (QED) is 0.768. The Bertz CT molecular complexity index is 247. The minimum absolute atomic E-state index is 0.149. The predicted molar refractivity (Wildman–Crippen MR) is 63.3 cm³/mol. The van der Waals surface area contributed by atoms with Crippen molar-refractivity contribution < 1.29 is 9.59 Å². The van der Waals surface area contributed by atoms with Gasteiger partial charge < -0.3 is 10.6 Å². The number of rotatable bonds is 4. The minimum atomic E-state index is -0.287. The first kappa shape index (κ1) is 13.0. The Morgan fingerprint density at radius 2 is 1.88 bits per heavy atom. The molecule has 1 aliphatic carbocycles. The molecule has 2 amide bonds. The summed E-state index contributed by atoms with van der Waals surface area (Å²) in [5, 5.41) is 5.30. The third-order valence-corrected chi connectivity index (χ3v) is 3.33. The van der Waals surface area contributed by atoms with Crippen LogP contribution in [0.4, 0.5) is 4.79 Å². The molecule has 2 N–H and O–H groups in total. The van der Waals surface area contributed by atoms with Gasteiger partial charge in [-0.1, -0.05) is 26.2 Å². The molecule has 0 unspecified atom stereocenters. The van der Waals surface area contributed by atoms with Crippen molar-refractivity contribution in [3.8, 4) is 0 Å². The number of carbonyl (C=O) groups is 2. The molecule has 1 fully saturated rings. The fraction of sp³-hybridized carbons (Fsp3) is 0.833. The number of hydrogen-bond acceptors (Lipinski definition) is 2. The topological polar surface area (TPSA) is 58.2 Å². The molecule has 0 aromatic carbocycles. The van der Waals surface area contributed by atoms with Crippen LogP contribution in [0.5, 0.6) is 0 Å². The second-order valence-electron chi connectivity index (χ2n) is 4.42. The maximum atomic E-state index is 11.8. The lowest BCUT2D eigenvalue weighted by atomic mass is 9.82. The highest BCUT2D eigenvalue weighted by atomic mass is 16.2. The Kier molecular flexibility index (Phi) is 5.29. The smallest absolute Gasteiger partial charge is 0.315 e. The zero-order chi connectivity index (χ0) is 12.0. The molecule has 1 saturated carbocycles. The summed E-state index contributed by atoms with van der Waals surface area (Å²) in [4.78, 5) is 23.1. The summed E-state index contributed by atoms with van der Waals surface area (Å²) in [6.45, 7) is 1.85. The Morgan fingerprint density at radius 3 is 2.38 bits per heavy atom. The molecule has 4 nitrogen and oxygen atoms in total. The first-order chi connectivity index (χ1) is 7.69. The molecule has 92 valence electrons. The summed E-state index contributed by atoms with van der Waals surface area (Å²) in [6.07, 6.45) is 6.21. The molecule has 0 aromatic rings. The van der Waals surface area contributed by atoms with Gasteiger partial charge in [0, 0.05) is 13.5 Å². The van der Waals surface area contributed by atoms with E-state index in [0.29, 0.717) is 12.3 Å². The first-order valence-electron chi connectivity index (χ1n) is 6.20. The van der Waals surface area contributed by atoms with Crippen molar-refractivity contribution in [2.45, 2.75) is 51.5 Å². The van der Waals surface area contributed by atoms with Gasteiger partial charge in [0.25, 0.3) is 0 Å². The second-order valence-corrected chi connectivity index (χ2v) is 4.42. The summed E-state index contributed by atoms with van der Waals surface area (Å²) in [7, 11) is 1.57. The van der Waals surface area contributed by atoms with Crippen molar-refractivity contribution in [2.75, 3.05) is 7.05 Å². The molecule has 0 spiro atoms. The van der Waals surface area contributed by atoms with Crippen LogP contribution in [0.1, 0.15) is 45.4 Å². The monoisotopic (exact) mass is 226 g/mol. The third-order valence-electron chi connectivity index (χ3n) is 3.33. The number of Topliss-reactive ketones (excluding diaryl/α,β-unsaturated/α-hetero) is 1. The molecule has 0 heterocycles. The van der Waals surface area contributed by atoms with Crippen LogP contribution in [-0.2, 0) is 4.79 Å². The van der Waals surface area contributed by atoms with E-state index in [-0.39, 0.29) is 17.9 Å². The minimum Gasteiger partial charge on any atom is -0.341 e. The molecule has 0 radical (unpaired) electrons. The summed E-state index contributed by atoms with van der Waals surface area (Å²) < 4.78 is 0. The van der Waals surface area contributed by atoms with E-state index in [9.17, 15) is 9.59 Å². The van der Waals surface area contributed by atoms with Gasteiger partial charge in [0.1, 0.15) is 0 Å². The molecule has 1 aliphatic rings. The van der Waals surface area contributed by atoms with Crippen LogP contribution in [0.25, 0.3) is 0 Å². The van der Waals surface area contributed by atoms with E-state index in [1.807, 2.05) is 6.92 Å². The van der Waals surface area contributed by atoms with Gasteiger partial charge in [0.15, 0.2) is 5.78 Å². The van der Waals surface area contributed by atoms with Crippen LogP contribution in [0.2, 0.25) is 0 Å². The zero-order valence-corrected chi connectivity index (χ0v) is 10.2. The second kappa shape index (κ2) is 6.51. The summed E-state index contributed by atoms with van der Waals surface area (Å²) in [6, 6.07) is -0.539. The van der Waals surface area contributed by atoms with Gasteiger partial charge in [-0.3, -0.25) is 4.79 Å². The van der Waals surface area contributed by atoms with Gasteiger partial charge in [0.05, 0.1) is 6.04 Å². The molecular formula is C12H22N2O2. The van der Waals surface area contributed by atoms with Crippen LogP contribution in [0.3, 0.4) is 0 Å². The number of carbonyl (C=O) groups excluding carboxylic acids is 2. The van der Waals surface area contributed by atoms with Gasteiger partial charge in [-0.25, -0.2) is 4.79 Å². The number of amides is 2. The molecule has 4 heteroatoms. The van der Waals surface area contributed by atoms with Crippen LogP contribution in [0, 0.1) is 5.92 Å². The zero-order valence-electron chi connectivity index (χ0n) is 10.2. The maximum absolute atomic E-state index is 11.8. The highest BCUT2D eigenvalue weighted by Crippen LogP contribution is 2.27. The third kappa shape index (κ3) is 3.51. The highest BCUT2D eigenvalue weighted by molar-refractivity contribution is 5.88. The van der Waals surface area contributed by atoms with Crippen LogP contribution in [0.15, 0.2) is 0 Å². The van der Waals surface area contributed by atoms with Crippen molar-refractivity contribution >= 4 is 11.8 Å². The van der Waals surface area contributed by atoms with Crippen LogP contribution < -0.4 is 10.6 Å². The molecular weight excluding hydrogens is 204 g/mol. The number of hydrogen-bond donors (Lipinski definition) is 2. The van der Waals surface area contributed by atoms with E-state index < -0.39 is 0 Å². The van der Waals surface area contributed by atoms with Crippen molar-refractivity contribution in [3.05, 3.63) is 0 Å². The fourth-order valence-electron chi connectivity index (χ4n) is 2.36. The van der Waals surface area contributed by atoms with Gasteiger partial charge >= 0.3 is 6.03 Å². The van der Waals surface area contributed by atoms with Crippen LogP contribution >= 0.6 is 0 Å². The average molecular weight is 226 g/mol. The molecule has 1 rings (SSSR count). The SMILES string of the molecule is CCC(=O)[C@@H](NC(=O)NC)C1CCCCC1. The Morgan fingerprint density at radius 1 is 1.25 bits per heavy atom. The van der Waals surface area contributed by atoms with Gasteiger partial charge in [-0.2, -0.15) is 0 Å². The lowest BCUT2D eigenvalue weighted by Gasteiger charge is -2.29. The van der Waals surface area contributed by atoms with E-state index in [4.69, 9.17) is 0 Å². The highest BCUT2D eigenvalue weighted by Gasteiger charge is 2.29. The molecule has 0 aromatic heterocycles. The lowest BCUT2D eigenvalue weighted by Crippen LogP contribution is -2.49. The Labute approximate surface area is 97.2 Å².